The minimum absolute atomic E-state index is 0.0894. The molecule has 0 aliphatic heterocycles. The van der Waals surface area contributed by atoms with E-state index < -0.39 is 5.44 Å². The Morgan fingerprint density at radius 3 is 1.52 bits per heavy atom. The molecule has 0 aromatic rings. The predicted octanol–water partition coefficient (Wildman–Crippen LogP) is 7.40. The molecule has 1 atom stereocenters. The first-order chi connectivity index (χ1) is 12.1. The van der Waals surface area contributed by atoms with Crippen LogP contribution < -0.4 is 0 Å². The third kappa shape index (κ3) is 18.3. The lowest BCUT2D eigenvalue weighted by molar-refractivity contribution is -0.107. The summed E-state index contributed by atoms with van der Waals surface area (Å²) < 4.78 is 0. The highest BCUT2D eigenvalue weighted by Gasteiger charge is 2.11. The lowest BCUT2D eigenvalue weighted by atomic mass is 10.0. The lowest BCUT2D eigenvalue weighted by Crippen LogP contribution is -2.06. The van der Waals surface area contributed by atoms with Crippen molar-refractivity contribution in [1.82, 2.24) is 0 Å². The number of carbonyl (C=O) groups excluding carboxylic acids is 1. The summed E-state index contributed by atoms with van der Waals surface area (Å²) in [6.07, 6.45) is 20.9. The van der Waals surface area contributed by atoms with Crippen molar-refractivity contribution in [2.75, 3.05) is 0 Å². The van der Waals surface area contributed by atoms with E-state index in [0.29, 0.717) is 12.0 Å². The van der Waals surface area contributed by atoms with Crippen molar-refractivity contribution in [3.8, 4) is 0 Å². The topological polar surface area (TPSA) is 37.3 Å². The summed E-state index contributed by atoms with van der Waals surface area (Å²) in [5.41, 5.74) is -0.0493. The maximum atomic E-state index is 11.4. The average molecular weight is 371 g/mol. The zero-order valence-corrected chi connectivity index (χ0v) is 17.7. The highest BCUT2D eigenvalue weighted by molar-refractivity contribution is 8.14. The van der Waals surface area contributed by atoms with Crippen LogP contribution >= 0.6 is 11.8 Å². The molecule has 0 spiro atoms. The molecule has 0 amide bonds. The van der Waals surface area contributed by atoms with E-state index in [1.165, 1.54) is 83.5 Å². The molecule has 0 aromatic carbocycles. The summed E-state index contributed by atoms with van der Waals surface area (Å²) >= 11 is 1.01. The first-order valence-corrected chi connectivity index (χ1v) is 11.5. The molecule has 1 unspecified atom stereocenters. The summed E-state index contributed by atoms with van der Waals surface area (Å²) in [6.45, 7) is 7.57. The van der Waals surface area contributed by atoms with Gasteiger partial charge in [0.2, 0.25) is 5.12 Å². The van der Waals surface area contributed by atoms with Crippen LogP contribution in [0, 0.1) is 0 Å². The van der Waals surface area contributed by atoms with Crippen LogP contribution in [0.15, 0.2) is 12.2 Å². The van der Waals surface area contributed by atoms with Crippen molar-refractivity contribution in [3.05, 3.63) is 12.2 Å². The molecule has 0 aliphatic carbocycles. The van der Waals surface area contributed by atoms with Gasteiger partial charge in [-0.3, -0.25) is 4.79 Å². The Bertz CT molecular complexity index is 328. The Balaban J connectivity index is 3.19. The monoisotopic (exact) mass is 370 g/mol. The second-order valence-corrected chi connectivity index (χ2v) is 8.53. The largest absolute Gasteiger partial charge is 0.382 e. The van der Waals surface area contributed by atoms with Gasteiger partial charge in [0, 0.05) is 0 Å². The van der Waals surface area contributed by atoms with Gasteiger partial charge in [0.15, 0.2) is 0 Å². The van der Waals surface area contributed by atoms with Crippen molar-refractivity contribution < 1.29 is 9.90 Å². The zero-order chi connectivity index (χ0) is 18.8. The fourth-order valence-corrected chi connectivity index (χ4v) is 3.71. The van der Waals surface area contributed by atoms with Gasteiger partial charge in [0.25, 0.3) is 0 Å². The number of hydrogen-bond donors (Lipinski definition) is 1. The van der Waals surface area contributed by atoms with E-state index in [1.807, 2.05) is 0 Å². The maximum Gasteiger partial charge on any atom is 0.216 e. The van der Waals surface area contributed by atoms with Crippen LogP contribution in [-0.2, 0) is 4.79 Å². The molecule has 0 bridgehead atoms. The number of thioether (sulfide) groups is 1. The number of rotatable bonds is 18. The molecule has 0 radical (unpaired) electrons. The summed E-state index contributed by atoms with van der Waals surface area (Å²) in [4.78, 5) is 11.4. The molecule has 0 rings (SSSR count). The molecule has 0 aliphatic rings. The Kier molecular flexibility index (Phi) is 18.3. The molecular weight excluding hydrogens is 328 g/mol. The Morgan fingerprint density at radius 1 is 0.800 bits per heavy atom. The first-order valence-electron chi connectivity index (χ1n) is 10.6. The Labute approximate surface area is 161 Å². The van der Waals surface area contributed by atoms with E-state index in [2.05, 4.69) is 13.5 Å². The van der Waals surface area contributed by atoms with Crippen molar-refractivity contribution in [2.45, 2.75) is 122 Å². The van der Waals surface area contributed by atoms with Gasteiger partial charge in [-0.1, -0.05) is 115 Å². The number of aliphatic hydroxyl groups is 1. The van der Waals surface area contributed by atoms with E-state index in [0.717, 1.165) is 24.6 Å². The van der Waals surface area contributed by atoms with Gasteiger partial charge < -0.3 is 5.11 Å². The standard InChI is InChI=1S/C22H42O2S/c1-4-5-6-7-8-9-10-11-12-13-14-15-16-17-18-19-21(23)25-22(24)20(2)3/h21,23H,2,4-19H2,1,3H3. The van der Waals surface area contributed by atoms with E-state index in [1.54, 1.807) is 6.92 Å². The van der Waals surface area contributed by atoms with Gasteiger partial charge in [-0.2, -0.15) is 0 Å². The molecule has 0 heterocycles. The van der Waals surface area contributed by atoms with Crippen LogP contribution in [0.1, 0.15) is 117 Å². The van der Waals surface area contributed by atoms with Crippen LogP contribution in [0.5, 0.6) is 0 Å². The number of hydrogen-bond acceptors (Lipinski definition) is 3. The number of unbranched alkanes of at least 4 members (excludes halogenated alkanes) is 14. The first kappa shape index (κ1) is 24.7. The van der Waals surface area contributed by atoms with Crippen LogP contribution in [-0.4, -0.2) is 15.7 Å². The Morgan fingerprint density at radius 2 is 1.16 bits per heavy atom. The van der Waals surface area contributed by atoms with E-state index in [-0.39, 0.29) is 5.12 Å². The second-order valence-electron chi connectivity index (χ2n) is 7.38. The van der Waals surface area contributed by atoms with E-state index in [9.17, 15) is 9.90 Å². The second kappa shape index (κ2) is 18.5. The number of carbonyl (C=O) groups is 1. The molecule has 0 saturated carbocycles. The zero-order valence-electron chi connectivity index (χ0n) is 16.9. The fourth-order valence-electron chi connectivity index (χ4n) is 2.97. The fraction of sp³-hybridized carbons (Fsp3) is 0.864. The minimum atomic E-state index is -0.564. The van der Waals surface area contributed by atoms with Crippen LogP contribution in [0.4, 0.5) is 0 Å². The molecule has 148 valence electrons. The van der Waals surface area contributed by atoms with Crippen molar-refractivity contribution in [2.24, 2.45) is 0 Å². The van der Waals surface area contributed by atoms with E-state index in [4.69, 9.17) is 0 Å². The number of aliphatic hydroxyl groups excluding tert-OH is 1. The van der Waals surface area contributed by atoms with E-state index >= 15 is 0 Å². The summed E-state index contributed by atoms with van der Waals surface area (Å²) in [7, 11) is 0. The minimum Gasteiger partial charge on any atom is -0.382 e. The van der Waals surface area contributed by atoms with Crippen molar-refractivity contribution in [3.63, 3.8) is 0 Å². The predicted molar refractivity (Wildman–Crippen MR) is 113 cm³/mol. The van der Waals surface area contributed by atoms with Gasteiger partial charge in [0.05, 0.1) is 0 Å². The molecule has 2 nitrogen and oxygen atoms in total. The third-order valence-corrected chi connectivity index (χ3v) is 5.72. The molecule has 3 heteroatoms. The van der Waals surface area contributed by atoms with Crippen LogP contribution in [0.2, 0.25) is 0 Å². The normalized spacial score (nSPS) is 12.3. The average Bonchev–Trinajstić information content (AvgIpc) is 2.58. The Hall–Kier alpha value is -0.280. The molecule has 25 heavy (non-hydrogen) atoms. The smallest absolute Gasteiger partial charge is 0.216 e. The maximum absolute atomic E-state index is 11.4. The summed E-state index contributed by atoms with van der Waals surface area (Å²) in [6, 6.07) is 0. The molecule has 0 saturated heterocycles. The quantitative estimate of drug-likeness (QED) is 0.155. The van der Waals surface area contributed by atoms with Crippen molar-refractivity contribution in [1.29, 1.82) is 0 Å². The van der Waals surface area contributed by atoms with Crippen LogP contribution in [0.3, 0.4) is 0 Å². The van der Waals surface area contributed by atoms with Gasteiger partial charge in [-0.15, -0.1) is 0 Å². The lowest BCUT2D eigenvalue weighted by Gasteiger charge is -2.08. The van der Waals surface area contributed by atoms with Crippen LogP contribution in [0.25, 0.3) is 0 Å². The van der Waals surface area contributed by atoms with Gasteiger partial charge >= 0.3 is 0 Å². The third-order valence-electron chi connectivity index (χ3n) is 4.65. The van der Waals surface area contributed by atoms with Gasteiger partial charge in [0.1, 0.15) is 5.44 Å². The molecule has 0 fully saturated rings. The molecular formula is C22H42O2S. The van der Waals surface area contributed by atoms with Gasteiger partial charge in [-0.05, 0) is 25.3 Å². The summed E-state index contributed by atoms with van der Waals surface area (Å²) in [5, 5.41) is 9.68. The molecule has 0 aromatic heterocycles. The highest BCUT2D eigenvalue weighted by atomic mass is 32.2. The van der Waals surface area contributed by atoms with Crippen molar-refractivity contribution >= 4 is 16.9 Å². The summed E-state index contributed by atoms with van der Waals surface area (Å²) in [5.74, 6) is 0. The van der Waals surface area contributed by atoms with Gasteiger partial charge in [-0.25, -0.2) is 0 Å². The molecule has 1 N–H and O–H groups in total. The SMILES string of the molecule is C=C(C)C(=O)SC(O)CCCCCCCCCCCCCCCCC. The highest BCUT2D eigenvalue weighted by Crippen LogP contribution is 2.20.